The van der Waals surface area contributed by atoms with E-state index in [1.54, 1.807) is 18.2 Å². The summed E-state index contributed by atoms with van der Waals surface area (Å²) in [5, 5.41) is 23.4. The molecule has 0 atom stereocenters. The normalized spacial score (nSPS) is 10.2. The molecule has 6 nitrogen and oxygen atoms in total. The Bertz CT molecular complexity index is 704. The lowest BCUT2D eigenvalue weighted by molar-refractivity contribution is -0.383. The van der Waals surface area contributed by atoms with Crippen molar-refractivity contribution in [3.8, 4) is 0 Å². The first-order valence-electron chi connectivity index (χ1n) is 5.63. The Morgan fingerprint density at radius 3 is 2.62 bits per heavy atom. The summed E-state index contributed by atoms with van der Waals surface area (Å²) in [6, 6.07) is 8.64. The van der Waals surface area contributed by atoms with Crippen LogP contribution in [0, 0.1) is 10.1 Å². The average molecular weight is 372 g/mol. The lowest BCUT2D eigenvalue weighted by Crippen LogP contribution is -2.05. The maximum Gasteiger partial charge on any atom is 0.338 e. The van der Waals surface area contributed by atoms with E-state index in [1.807, 2.05) is 0 Å². The molecular formula is C13H8BrClN2O4. The van der Waals surface area contributed by atoms with Crippen LogP contribution in [0.5, 0.6) is 0 Å². The number of benzene rings is 2. The molecule has 21 heavy (non-hydrogen) atoms. The number of para-hydroxylation sites is 1. The van der Waals surface area contributed by atoms with E-state index in [0.29, 0.717) is 15.2 Å². The number of anilines is 2. The van der Waals surface area contributed by atoms with Crippen LogP contribution in [0.3, 0.4) is 0 Å². The first-order chi connectivity index (χ1) is 9.90. The fourth-order valence-corrected chi connectivity index (χ4v) is 2.22. The van der Waals surface area contributed by atoms with E-state index in [4.69, 9.17) is 16.7 Å². The lowest BCUT2D eigenvalue weighted by Gasteiger charge is -2.10. The average Bonchev–Trinajstić information content (AvgIpc) is 2.42. The third kappa shape index (κ3) is 3.32. The van der Waals surface area contributed by atoms with Crippen LogP contribution in [0.4, 0.5) is 17.1 Å². The number of nitrogens with zero attached hydrogens (tertiary/aromatic N) is 1. The molecule has 2 aromatic rings. The number of aromatic carboxylic acids is 1. The highest BCUT2D eigenvalue weighted by atomic mass is 79.9. The number of halogens is 2. The molecule has 0 radical (unpaired) electrons. The molecule has 0 bridgehead atoms. The standard InChI is InChI=1S/C13H8BrClN2O4/c14-9-6-7(4-5-10(9)15)16-12-8(13(18)19)2-1-3-11(12)17(20)21/h1-6,16H,(H,18,19). The quantitative estimate of drug-likeness (QED) is 0.612. The van der Waals surface area contributed by atoms with Crippen molar-refractivity contribution in [2.45, 2.75) is 0 Å². The lowest BCUT2D eigenvalue weighted by atomic mass is 10.1. The zero-order chi connectivity index (χ0) is 15.6. The van der Waals surface area contributed by atoms with Crippen molar-refractivity contribution < 1.29 is 14.8 Å². The van der Waals surface area contributed by atoms with Gasteiger partial charge in [-0.05, 0) is 40.2 Å². The second-order valence-electron chi connectivity index (χ2n) is 4.02. The Morgan fingerprint density at radius 2 is 2.05 bits per heavy atom. The third-order valence-corrected chi connectivity index (χ3v) is 3.87. The van der Waals surface area contributed by atoms with E-state index < -0.39 is 10.9 Å². The van der Waals surface area contributed by atoms with E-state index in [0.717, 1.165) is 0 Å². The van der Waals surface area contributed by atoms with Crippen molar-refractivity contribution in [2.75, 3.05) is 5.32 Å². The molecule has 0 aliphatic carbocycles. The molecule has 8 heteroatoms. The van der Waals surface area contributed by atoms with Gasteiger partial charge in [0.2, 0.25) is 0 Å². The van der Waals surface area contributed by atoms with Crippen LogP contribution in [0.25, 0.3) is 0 Å². The largest absolute Gasteiger partial charge is 0.478 e. The molecule has 108 valence electrons. The molecule has 2 N–H and O–H groups in total. The molecule has 0 amide bonds. The zero-order valence-electron chi connectivity index (χ0n) is 10.3. The Balaban J connectivity index is 2.53. The molecule has 2 aromatic carbocycles. The van der Waals surface area contributed by atoms with Gasteiger partial charge in [0, 0.05) is 16.2 Å². The molecule has 0 unspecified atom stereocenters. The number of carboxylic acids is 1. The van der Waals surface area contributed by atoms with Crippen LogP contribution >= 0.6 is 27.5 Å². The maximum atomic E-state index is 11.2. The SMILES string of the molecule is O=C(O)c1cccc([N+](=O)[O-])c1Nc1ccc(Cl)c(Br)c1. The van der Waals surface area contributed by atoms with Gasteiger partial charge in [0.1, 0.15) is 5.69 Å². The van der Waals surface area contributed by atoms with Crippen LogP contribution in [0.2, 0.25) is 5.02 Å². The Labute approximate surface area is 132 Å². The van der Waals surface area contributed by atoms with Crippen molar-refractivity contribution >= 4 is 50.6 Å². The third-order valence-electron chi connectivity index (χ3n) is 2.66. The predicted octanol–water partition coefficient (Wildman–Crippen LogP) is 4.45. The number of nitro benzene ring substituents is 1. The monoisotopic (exact) mass is 370 g/mol. The smallest absolute Gasteiger partial charge is 0.338 e. The van der Waals surface area contributed by atoms with E-state index in [9.17, 15) is 14.9 Å². The molecule has 0 saturated heterocycles. The minimum atomic E-state index is -1.26. The molecule has 0 spiro atoms. The fraction of sp³-hybridized carbons (Fsp3) is 0. The van der Waals surface area contributed by atoms with Gasteiger partial charge in [-0.15, -0.1) is 0 Å². The van der Waals surface area contributed by atoms with Gasteiger partial charge < -0.3 is 10.4 Å². The van der Waals surface area contributed by atoms with Crippen LogP contribution in [-0.2, 0) is 0 Å². The summed E-state index contributed by atoms with van der Waals surface area (Å²) in [7, 11) is 0. The van der Waals surface area contributed by atoms with Gasteiger partial charge in [-0.2, -0.15) is 0 Å². The van der Waals surface area contributed by atoms with Crippen LogP contribution in [0.15, 0.2) is 40.9 Å². The Kier molecular flexibility index (Phi) is 4.44. The van der Waals surface area contributed by atoms with Crippen LogP contribution in [-0.4, -0.2) is 16.0 Å². The molecule has 0 fully saturated rings. The molecule has 0 saturated carbocycles. The van der Waals surface area contributed by atoms with Crippen LogP contribution in [0.1, 0.15) is 10.4 Å². The molecule has 2 rings (SSSR count). The summed E-state index contributed by atoms with van der Waals surface area (Å²) in [6.45, 7) is 0. The topological polar surface area (TPSA) is 92.5 Å². The second-order valence-corrected chi connectivity index (χ2v) is 5.28. The summed E-state index contributed by atoms with van der Waals surface area (Å²) in [5.41, 5.74) is -0.108. The molecule has 0 aliphatic rings. The van der Waals surface area contributed by atoms with Crippen molar-refractivity contribution in [1.29, 1.82) is 0 Å². The maximum absolute atomic E-state index is 11.2. The van der Waals surface area contributed by atoms with Gasteiger partial charge in [-0.1, -0.05) is 17.7 Å². The van der Waals surface area contributed by atoms with E-state index in [-0.39, 0.29) is 16.9 Å². The number of rotatable bonds is 4. The van der Waals surface area contributed by atoms with Gasteiger partial charge in [0.15, 0.2) is 0 Å². The van der Waals surface area contributed by atoms with Gasteiger partial charge in [-0.25, -0.2) is 4.79 Å². The first kappa shape index (κ1) is 15.3. The zero-order valence-corrected chi connectivity index (χ0v) is 12.7. The number of nitrogens with one attached hydrogen (secondary N) is 1. The summed E-state index contributed by atoms with van der Waals surface area (Å²) >= 11 is 9.10. The van der Waals surface area contributed by atoms with E-state index >= 15 is 0 Å². The van der Waals surface area contributed by atoms with Crippen molar-refractivity contribution in [3.05, 3.63) is 61.6 Å². The van der Waals surface area contributed by atoms with Crippen molar-refractivity contribution in [1.82, 2.24) is 0 Å². The number of hydrogen-bond donors (Lipinski definition) is 2. The molecule has 0 aliphatic heterocycles. The summed E-state index contributed by atoms with van der Waals surface area (Å²) < 4.78 is 0.588. The minimum Gasteiger partial charge on any atom is -0.478 e. The number of carbonyl (C=O) groups is 1. The van der Waals surface area contributed by atoms with Gasteiger partial charge >= 0.3 is 5.97 Å². The number of carboxylic acid groups (broad SMARTS) is 1. The molecule has 0 aromatic heterocycles. The van der Waals surface area contributed by atoms with Gasteiger partial charge in [0.25, 0.3) is 5.69 Å². The Hall–Kier alpha value is -2.12. The van der Waals surface area contributed by atoms with E-state index in [1.165, 1.54) is 18.2 Å². The van der Waals surface area contributed by atoms with Gasteiger partial charge in [0.05, 0.1) is 15.5 Å². The fourth-order valence-electron chi connectivity index (χ4n) is 1.72. The number of hydrogen-bond acceptors (Lipinski definition) is 4. The molecular weight excluding hydrogens is 364 g/mol. The number of nitro groups is 1. The highest BCUT2D eigenvalue weighted by Crippen LogP contribution is 2.33. The minimum absolute atomic E-state index is 0.0794. The molecule has 0 heterocycles. The predicted molar refractivity (Wildman–Crippen MR) is 82.5 cm³/mol. The highest BCUT2D eigenvalue weighted by molar-refractivity contribution is 9.10. The Morgan fingerprint density at radius 1 is 1.33 bits per heavy atom. The summed E-state index contributed by atoms with van der Waals surface area (Å²) in [6.07, 6.45) is 0. The van der Waals surface area contributed by atoms with Crippen molar-refractivity contribution in [2.24, 2.45) is 0 Å². The summed E-state index contributed by atoms with van der Waals surface area (Å²) in [5.74, 6) is -1.26. The first-order valence-corrected chi connectivity index (χ1v) is 6.80. The summed E-state index contributed by atoms with van der Waals surface area (Å²) in [4.78, 5) is 21.6. The van der Waals surface area contributed by atoms with E-state index in [2.05, 4.69) is 21.2 Å². The highest BCUT2D eigenvalue weighted by Gasteiger charge is 2.21. The van der Waals surface area contributed by atoms with Crippen LogP contribution < -0.4 is 5.32 Å². The van der Waals surface area contributed by atoms with Gasteiger partial charge in [-0.3, -0.25) is 10.1 Å². The second kappa shape index (κ2) is 6.11. The van der Waals surface area contributed by atoms with Crippen molar-refractivity contribution in [3.63, 3.8) is 0 Å².